The van der Waals surface area contributed by atoms with Crippen molar-refractivity contribution in [3.63, 3.8) is 0 Å². The Bertz CT molecular complexity index is 375. The van der Waals surface area contributed by atoms with Gasteiger partial charge in [0.05, 0.1) is 13.2 Å². The molecule has 1 fully saturated rings. The van der Waals surface area contributed by atoms with E-state index in [1.54, 1.807) is 0 Å². The number of carbonyl (C=O) groups is 1. The summed E-state index contributed by atoms with van der Waals surface area (Å²) in [6.45, 7) is 4.78. The maximum atomic E-state index is 11.5. The van der Waals surface area contributed by atoms with E-state index in [2.05, 4.69) is 0 Å². The minimum absolute atomic E-state index is 0.0603. The Balaban J connectivity index is 1.95. The molecule has 0 unspecified atom stereocenters. The number of hydrogen-bond donors (Lipinski definition) is 0. The number of carbonyl (C=O) groups excluding carboxylic acids is 1. The van der Waals surface area contributed by atoms with Crippen molar-refractivity contribution in [1.29, 1.82) is 0 Å². The van der Waals surface area contributed by atoms with E-state index in [-0.39, 0.29) is 12.5 Å². The Morgan fingerprint density at radius 3 is 2.76 bits per heavy atom. The van der Waals surface area contributed by atoms with E-state index in [1.807, 2.05) is 36.1 Å². The van der Waals surface area contributed by atoms with Crippen LogP contribution in [0.15, 0.2) is 24.3 Å². The fraction of sp³-hybridized carbons (Fsp3) is 0.462. The van der Waals surface area contributed by atoms with Crippen LogP contribution in [0.2, 0.25) is 0 Å². The van der Waals surface area contributed by atoms with Gasteiger partial charge in [-0.2, -0.15) is 0 Å². The highest BCUT2D eigenvalue weighted by atomic mass is 16.5. The predicted molar refractivity (Wildman–Crippen MR) is 63.8 cm³/mol. The summed E-state index contributed by atoms with van der Waals surface area (Å²) >= 11 is 0. The first-order chi connectivity index (χ1) is 8.29. The Morgan fingerprint density at radius 2 is 2.12 bits per heavy atom. The molecule has 0 atom stereocenters. The highest BCUT2D eigenvalue weighted by Crippen LogP contribution is 2.14. The lowest BCUT2D eigenvalue weighted by Gasteiger charge is -2.26. The number of nitrogens with zero attached hydrogens (tertiary/aromatic N) is 1. The van der Waals surface area contributed by atoms with Crippen LogP contribution in [0.5, 0.6) is 5.75 Å². The Labute approximate surface area is 101 Å². The highest BCUT2D eigenvalue weighted by Gasteiger charge is 2.18. The minimum Gasteiger partial charge on any atom is -0.494 e. The summed E-state index contributed by atoms with van der Waals surface area (Å²) in [5, 5.41) is 0. The van der Waals surface area contributed by atoms with Gasteiger partial charge in [0, 0.05) is 13.1 Å². The normalized spacial score (nSPS) is 16.1. The maximum absolute atomic E-state index is 11.5. The summed E-state index contributed by atoms with van der Waals surface area (Å²) in [7, 11) is 0. The molecule has 0 aliphatic carbocycles. The van der Waals surface area contributed by atoms with Crippen molar-refractivity contribution >= 4 is 5.91 Å². The Kier molecular flexibility index (Phi) is 3.98. The lowest BCUT2D eigenvalue weighted by Crippen LogP contribution is -2.40. The molecule has 1 saturated heterocycles. The molecular formula is C13H17NO3. The van der Waals surface area contributed by atoms with Crippen LogP contribution < -0.4 is 4.74 Å². The number of rotatable bonds is 4. The van der Waals surface area contributed by atoms with Gasteiger partial charge in [-0.15, -0.1) is 0 Å². The zero-order valence-corrected chi connectivity index (χ0v) is 10.0. The Morgan fingerprint density at radius 1 is 1.35 bits per heavy atom. The molecule has 0 aromatic heterocycles. The molecule has 1 aliphatic rings. The Hall–Kier alpha value is -1.55. The molecule has 4 nitrogen and oxygen atoms in total. The van der Waals surface area contributed by atoms with E-state index in [4.69, 9.17) is 9.47 Å². The van der Waals surface area contributed by atoms with E-state index < -0.39 is 0 Å². The average Bonchev–Trinajstić information content (AvgIpc) is 2.35. The first kappa shape index (κ1) is 11.9. The molecule has 0 bridgehead atoms. The van der Waals surface area contributed by atoms with Gasteiger partial charge in [0.25, 0.3) is 0 Å². The molecule has 0 radical (unpaired) electrons. The second-order valence-corrected chi connectivity index (χ2v) is 3.94. The third kappa shape index (κ3) is 3.20. The van der Waals surface area contributed by atoms with E-state index in [1.165, 1.54) is 0 Å². The lowest BCUT2D eigenvalue weighted by atomic mass is 10.2. The molecule has 1 heterocycles. The third-order valence-corrected chi connectivity index (χ3v) is 2.69. The quantitative estimate of drug-likeness (QED) is 0.792. The fourth-order valence-corrected chi connectivity index (χ4v) is 1.80. The minimum atomic E-state index is 0.0603. The standard InChI is InChI=1S/C13H17NO3/c1-2-17-12-5-3-11(4-6-12)9-14-7-8-16-10-13(14)15/h3-6H,2,7-10H2,1H3. The first-order valence-corrected chi connectivity index (χ1v) is 5.87. The number of morpholine rings is 1. The van der Waals surface area contributed by atoms with Gasteiger partial charge in [-0.25, -0.2) is 0 Å². The molecule has 1 aliphatic heterocycles. The predicted octanol–water partition coefficient (Wildman–Crippen LogP) is 1.44. The van der Waals surface area contributed by atoms with Crippen LogP contribution in [0.25, 0.3) is 0 Å². The molecule has 2 rings (SSSR count). The van der Waals surface area contributed by atoms with Crippen molar-refractivity contribution in [2.75, 3.05) is 26.4 Å². The SMILES string of the molecule is CCOc1ccc(CN2CCOCC2=O)cc1. The number of ether oxygens (including phenoxy) is 2. The molecule has 92 valence electrons. The second kappa shape index (κ2) is 5.68. The van der Waals surface area contributed by atoms with Crippen molar-refractivity contribution in [2.45, 2.75) is 13.5 Å². The third-order valence-electron chi connectivity index (χ3n) is 2.69. The smallest absolute Gasteiger partial charge is 0.248 e. The van der Waals surface area contributed by atoms with Crippen molar-refractivity contribution in [3.8, 4) is 5.75 Å². The van der Waals surface area contributed by atoms with Gasteiger partial charge >= 0.3 is 0 Å². The topological polar surface area (TPSA) is 38.8 Å². The second-order valence-electron chi connectivity index (χ2n) is 3.94. The highest BCUT2D eigenvalue weighted by molar-refractivity contribution is 5.78. The summed E-state index contributed by atoms with van der Waals surface area (Å²) in [6, 6.07) is 7.86. The van der Waals surface area contributed by atoms with Crippen LogP contribution in [0, 0.1) is 0 Å². The molecule has 0 spiro atoms. The van der Waals surface area contributed by atoms with Gasteiger partial charge in [0.1, 0.15) is 12.4 Å². The lowest BCUT2D eigenvalue weighted by molar-refractivity contribution is -0.143. The molecule has 17 heavy (non-hydrogen) atoms. The number of amides is 1. The van der Waals surface area contributed by atoms with Crippen molar-refractivity contribution in [3.05, 3.63) is 29.8 Å². The van der Waals surface area contributed by atoms with Gasteiger partial charge < -0.3 is 14.4 Å². The van der Waals surface area contributed by atoms with Crippen LogP contribution >= 0.6 is 0 Å². The van der Waals surface area contributed by atoms with Crippen LogP contribution in [-0.4, -0.2) is 37.2 Å². The average molecular weight is 235 g/mol. The molecule has 1 aromatic carbocycles. The van der Waals surface area contributed by atoms with Gasteiger partial charge in [0.2, 0.25) is 5.91 Å². The van der Waals surface area contributed by atoms with Crippen molar-refractivity contribution < 1.29 is 14.3 Å². The van der Waals surface area contributed by atoms with E-state index in [0.29, 0.717) is 26.3 Å². The van der Waals surface area contributed by atoms with Crippen LogP contribution in [0.3, 0.4) is 0 Å². The van der Waals surface area contributed by atoms with Crippen LogP contribution in [0.1, 0.15) is 12.5 Å². The number of hydrogen-bond acceptors (Lipinski definition) is 3. The van der Waals surface area contributed by atoms with Crippen molar-refractivity contribution in [1.82, 2.24) is 4.90 Å². The molecule has 1 aromatic rings. The summed E-state index contributed by atoms with van der Waals surface area (Å²) in [6.07, 6.45) is 0. The molecule has 0 N–H and O–H groups in total. The van der Waals surface area contributed by atoms with E-state index in [9.17, 15) is 4.79 Å². The molecule has 0 saturated carbocycles. The van der Waals surface area contributed by atoms with Crippen molar-refractivity contribution in [2.24, 2.45) is 0 Å². The summed E-state index contributed by atoms with van der Waals surface area (Å²) in [5.41, 5.74) is 1.11. The largest absolute Gasteiger partial charge is 0.494 e. The zero-order chi connectivity index (χ0) is 12.1. The van der Waals surface area contributed by atoms with Crippen LogP contribution in [-0.2, 0) is 16.1 Å². The van der Waals surface area contributed by atoms with Crippen LogP contribution in [0.4, 0.5) is 0 Å². The summed E-state index contributed by atoms with van der Waals surface area (Å²) < 4.78 is 10.5. The maximum Gasteiger partial charge on any atom is 0.248 e. The zero-order valence-electron chi connectivity index (χ0n) is 10.0. The van der Waals surface area contributed by atoms with Gasteiger partial charge in [-0.05, 0) is 24.6 Å². The van der Waals surface area contributed by atoms with Gasteiger partial charge in [-0.1, -0.05) is 12.1 Å². The van der Waals surface area contributed by atoms with Gasteiger partial charge in [0.15, 0.2) is 0 Å². The van der Waals surface area contributed by atoms with E-state index >= 15 is 0 Å². The molecule has 1 amide bonds. The summed E-state index contributed by atoms with van der Waals surface area (Å²) in [4.78, 5) is 13.4. The van der Waals surface area contributed by atoms with E-state index in [0.717, 1.165) is 11.3 Å². The number of benzene rings is 1. The molecular weight excluding hydrogens is 218 g/mol. The first-order valence-electron chi connectivity index (χ1n) is 5.87. The monoisotopic (exact) mass is 235 g/mol. The summed E-state index contributed by atoms with van der Waals surface area (Å²) in [5.74, 6) is 0.926. The molecule has 4 heteroatoms. The van der Waals surface area contributed by atoms with Gasteiger partial charge in [-0.3, -0.25) is 4.79 Å². The fourth-order valence-electron chi connectivity index (χ4n) is 1.80.